The predicted molar refractivity (Wildman–Crippen MR) is 631 cm³/mol. The molecule has 0 amide bonds. The van der Waals surface area contributed by atoms with Gasteiger partial charge < -0.3 is 8.83 Å². The van der Waals surface area contributed by atoms with E-state index < -0.39 is 0 Å². The van der Waals surface area contributed by atoms with E-state index >= 15 is 0 Å². The van der Waals surface area contributed by atoms with Gasteiger partial charge in [-0.15, -0.1) is 22.7 Å². The van der Waals surface area contributed by atoms with Crippen LogP contribution in [-0.2, 0) is 0 Å². The van der Waals surface area contributed by atoms with E-state index in [4.69, 9.17) is 18.8 Å². The highest BCUT2D eigenvalue weighted by Gasteiger charge is 2.23. The number of pyridine rings is 4. The molecule has 8 heteroatoms. The zero-order valence-electron chi connectivity index (χ0n) is 79.9. The van der Waals surface area contributed by atoms with Gasteiger partial charge in [-0.05, 0) is 306 Å². The van der Waals surface area contributed by atoms with E-state index in [1.165, 1.54) is 221 Å². The molecular formula is C140H84N4O2S2. The largest absolute Gasteiger partial charge is 0.438 e. The molecule has 0 saturated carbocycles. The topological polar surface area (TPSA) is 77.8 Å². The fourth-order valence-corrected chi connectivity index (χ4v) is 25.2. The number of nitrogens with zero attached hydrogens (tertiary/aromatic N) is 4. The summed E-state index contributed by atoms with van der Waals surface area (Å²) in [4.78, 5) is 20.0. The van der Waals surface area contributed by atoms with Crippen molar-refractivity contribution in [2.24, 2.45) is 0 Å². The van der Waals surface area contributed by atoms with Crippen molar-refractivity contribution < 1.29 is 8.83 Å². The monoisotopic (exact) mass is 1920 g/mol. The van der Waals surface area contributed by atoms with Gasteiger partial charge in [0.2, 0.25) is 11.4 Å². The molecule has 0 N–H and O–H groups in total. The third-order valence-corrected chi connectivity index (χ3v) is 32.3. The number of furan rings is 2. The van der Waals surface area contributed by atoms with Crippen molar-refractivity contribution in [3.8, 4) is 89.3 Å². The third-order valence-electron chi connectivity index (χ3n) is 30.0. The standard InChI is InChI=1S/C47H29NS.C35H21NO.C29H17NO.C29H17NS/c1-3-12-30(13-4-1)33-23-25-45-42(28-33)43-29-44(31-14-5-2-6-15-31)48-46(47(43)49-45)35-17-11-16-32(26-35)34-22-24-40-38-20-8-7-18-36(38)37-19-9-10-21-39(37)41(40)27-34;1-2-11-28-26(9-1)27-10-3-4-12-29(27)32-20-24(14-16-30(28)32)22-7-5-8-23(19-22)25-15-17-34-33(21-25)31-13-6-18-36-35(31)37-34;1-2-8-22-20(6-1)21-7-3-4-9-23(21)26-16-18(11-13-24(22)26)19-12-14-28-27(17-19)25-10-5-15-30-29(25)31-28;1-2-9-22-20(7-1)21-8-3-4-10-23(21)26-15-18(13-14-24(22)26)19-16-27-25-11-5-6-12-28(25)31-29(27)30-17-19/h1-29H;1-21H;2*1-17H. The summed E-state index contributed by atoms with van der Waals surface area (Å²) in [5.74, 6) is 0. The van der Waals surface area contributed by atoms with Crippen LogP contribution in [0.2, 0.25) is 0 Å². The van der Waals surface area contributed by atoms with Gasteiger partial charge in [0.25, 0.3) is 0 Å². The lowest BCUT2D eigenvalue weighted by molar-refractivity contribution is 0.653. The molecule has 0 fully saturated rings. The SMILES string of the molecule is c1cc(-c2ccc3oc4ncccc4c3c2)cc(-c2ccc3c4ccccc4c4ccccc4c3c2)c1.c1ccc(-c2ccc3sc4c(-c5cccc(-c6ccc7c8ccccc8c8ccccc8c7c6)c5)nc(-c5ccccc5)cc4c3c2)cc1.c1ccc2c(c1)sc1ncc(-c3ccc4c5ccccc5c5ccccc5c4c3)cc12.c1cnc2oc3ccc(-c4ccc5c6ccccc6c6ccccc6c5c4)cc3c2c1. The zero-order chi connectivity index (χ0) is 97.4. The maximum Gasteiger partial charge on any atom is 0.227 e. The van der Waals surface area contributed by atoms with Crippen LogP contribution < -0.4 is 0 Å². The second kappa shape index (κ2) is 35.6. The molecule has 0 saturated heterocycles. The summed E-state index contributed by atoms with van der Waals surface area (Å²) < 4.78 is 15.6. The van der Waals surface area contributed by atoms with E-state index in [1.807, 2.05) is 35.7 Å². The molecule has 0 atom stereocenters. The van der Waals surface area contributed by atoms with Crippen LogP contribution in [0.15, 0.2) is 519 Å². The van der Waals surface area contributed by atoms with Crippen LogP contribution in [0.3, 0.4) is 0 Å². The Hall–Kier alpha value is -19.0. The van der Waals surface area contributed by atoms with Crippen molar-refractivity contribution >= 4 is 237 Å². The Morgan fingerprint density at radius 1 is 0.155 bits per heavy atom. The van der Waals surface area contributed by atoms with E-state index in [9.17, 15) is 0 Å². The quantitative estimate of drug-likeness (QED) is 0.141. The van der Waals surface area contributed by atoms with Crippen molar-refractivity contribution in [1.82, 2.24) is 19.9 Å². The summed E-state index contributed by atoms with van der Waals surface area (Å²) in [7, 11) is 0. The van der Waals surface area contributed by atoms with Gasteiger partial charge in [-0.25, -0.2) is 19.9 Å². The smallest absolute Gasteiger partial charge is 0.227 e. The molecule has 24 aromatic carbocycles. The molecule has 0 radical (unpaired) electrons. The van der Waals surface area contributed by atoms with Crippen molar-refractivity contribution in [1.29, 1.82) is 0 Å². The van der Waals surface area contributed by atoms with E-state index in [0.717, 1.165) is 71.2 Å². The minimum atomic E-state index is 0.680. The number of hydrogen-bond acceptors (Lipinski definition) is 8. The number of aromatic nitrogens is 4. The summed E-state index contributed by atoms with van der Waals surface area (Å²) >= 11 is 3.59. The maximum absolute atomic E-state index is 5.93. The van der Waals surface area contributed by atoms with Crippen LogP contribution in [0.25, 0.3) is 303 Å². The van der Waals surface area contributed by atoms with Gasteiger partial charge in [0, 0.05) is 87.8 Å². The summed E-state index contributed by atoms with van der Waals surface area (Å²) in [5.41, 5.74) is 21.7. The molecule has 0 unspecified atom stereocenters. The molecule has 8 aromatic heterocycles. The normalized spacial score (nSPS) is 11.8. The van der Waals surface area contributed by atoms with E-state index in [2.05, 4.69) is 483 Å². The van der Waals surface area contributed by atoms with Crippen molar-refractivity contribution in [2.45, 2.75) is 0 Å². The Balaban J connectivity index is 0.0000000947. The molecule has 148 heavy (non-hydrogen) atoms. The Morgan fingerprint density at radius 2 is 0.439 bits per heavy atom. The van der Waals surface area contributed by atoms with Crippen LogP contribution >= 0.6 is 22.7 Å². The van der Waals surface area contributed by atoms with Gasteiger partial charge in [0.1, 0.15) is 16.0 Å². The Kier molecular flexibility index (Phi) is 20.6. The first-order valence-electron chi connectivity index (χ1n) is 50.2. The summed E-state index contributed by atoms with van der Waals surface area (Å²) in [6.45, 7) is 0. The summed E-state index contributed by atoms with van der Waals surface area (Å²) in [6, 6.07) is 177. The number of hydrogen-bond donors (Lipinski definition) is 0. The van der Waals surface area contributed by atoms with Gasteiger partial charge in [0.05, 0.1) is 16.1 Å². The van der Waals surface area contributed by atoms with E-state index in [0.29, 0.717) is 11.4 Å². The average molecular weight is 1920 g/mol. The Bertz CT molecular complexity index is 10700. The lowest BCUT2D eigenvalue weighted by atomic mass is 9.91. The summed E-state index contributed by atoms with van der Waals surface area (Å²) in [5, 5.41) is 40.4. The second-order valence-electron chi connectivity index (χ2n) is 38.4. The van der Waals surface area contributed by atoms with Crippen molar-refractivity contribution in [3.63, 3.8) is 0 Å². The minimum absolute atomic E-state index is 0.680. The first kappa shape index (κ1) is 85.8. The fourth-order valence-electron chi connectivity index (χ4n) is 23.0. The van der Waals surface area contributed by atoms with Crippen LogP contribution in [0.1, 0.15) is 0 Å². The highest BCUT2D eigenvalue weighted by Crippen LogP contribution is 2.49. The molecule has 0 aliphatic carbocycles. The van der Waals surface area contributed by atoms with Gasteiger partial charge in [0.15, 0.2) is 0 Å². The molecule has 0 spiro atoms. The number of thiophene rings is 2. The van der Waals surface area contributed by atoms with Gasteiger partial charge in [-0.3, -0.25) is 0 Å². The highest BCUT2D eigenvalue weighted by atomic mass is 32.1. The first-order valence-corrected chi connectivity index (χ1v) is 51.8. The van der Waals surface area contributed by atoms with Gasteiger partial charge in [-0.1, -0.05) is 376 Å². The zero-order valence-corrected chi connectivity index (χ0v) is 81.6. The fraction of sp³-hybridized carbons (Fsp3) is 0. The van der Waals surface area contributed by atoms with Crippen LogP contribution in [0, 0.1) is 0 Å². The molecule has 8 heterocycles. The van der Waals surface area contributed by atoms with Gasteiger partial charge in [-0.2, -0.15) is 0 Å². The maximum atomic E-state index is 5.93. The van der Waals surface area contributed by atoms with E-state index in [-0.39, 0.29) is 0 Å². The average Bonchev–Trinajstić information content (AvgIpc) is 1.72. The lowest BCUT2D eigenvalue weighted by Crippen LogP contribution is -1.90. The molecule has 0 aliphatic rings. The molecule has 0 aliphatic heterocycles. The minimum Gasteiger partial charge on any atom is -0.438 e. The number of rotatable bonds is 8. The van der Waals surface area contributed by atoms with Gasteiger partial charge >= 0.3 is 0 Å². The third kappa shape index (κ3) is 14.7. The highest BCUT2D eigenvalue weighted by molar-refractivity contribution is 7.26. The molecular weight excluding hydrogens is 1830 g/mol. The molecule has 0 bridgehead atoms. The number of fused-ring (bicyclic) bond motifs is 36. The van der Waals surface area contributed by atoms with Crippen LogP contribution in [0.4, 0.5) is 0 Å². The molecule has 32 aromatic rings. The Morgan fingerprint density at radius 3 is 0.851 bits per heavy atom. The van der Waals surface area contributed by atoms with Crippen molar-refractivity contribution in [2.75, 3.05) is 0 Å². The first-order chi connectivity index (χ1) is 73.3. The Labute approximate surface area is 857 Å². The van der Waals surface area contributed by atoms with Crippen LogP contribution in [0.5, 0.6) is 0 Å². The number of benzene rings is 24. The second-order valence-corrected chi connectivity index (χ2v) is 40.4. The molecule has 688 valence electrons. The lowest BCUT2D eigenvalue weighted by Gasteiger charge is -2.13. The predicted octanol–water partition coefficient (Wildman–Crippen LogP) is 40.0. The summed E-state index contributed by atoms with van der Waals surface area (Å²) in [6.07, 6.45) is 5.55. The van der Waals surface area contributed by atoms with Crippen LogP contribution in [-0.4, -0.2) is 19.9 Å². The van der Waals surface area contributed by atoms with E-state index in [1.54, 1.807) is 23.7 Å². The molecule has 6 nitrogen and oxygen atoms in total. The molecule has 32 rings (SSSR count). The van der Waals surface area contributed by atoms with Crippen molar-refractivity contribution in [3.05, 3.63) is 510 Å².